The van der Waals surface area contributed by atoms with E-state index in [1.165, 1.54) is 0 Å². The molecule has 2 atom stereocenters. The summed E-state index contributed by atoms with van der Waals surface area (Å²) in [7, 11) is 0. The third-order valence-electron chi connectivity index (χ3n) is 5.97. The second-order valence-electron chi connectivity index (χ2n) is 9.87. The number of hydrogen-bond acceptors (Lipinski definition) is 3. The molecule has 1 heterocycles. The summed E-state index contributed by atoms with van der Waals surface area (Å²) in [5.41, 5.74) is 2.30. The molecule has 0 saturated heterocycles. The Hall–Kier alpha value is -3.61. The molecule has 7 nitrogen and oxygen atoms in total. The van der Waals surface area contributed by atoms with Crippen LogP contribution < -0.4 is 16.0 Å². The van der Waals surface area contributed by atoms with Crippen LogP contribution >= 0.6 is 0 Å². The number of carbonyl (C=O) groups is 3. The van der Waals surface area contributed by atoms with Crippen LogP contribution in [0.15, 0.2) is 60.8 Å². The van der Waals surface area contributed by atoms with E-state index in [1.54, 1.807) is 0 Å². The fourth-order valence-electron chi connectivity index (χ4n) is 3.93. The zero-order valence-electron chi connectivity index (χ0n) is 21.0. The van der Waals surface area contributed by atoms with Gasteiger partial charge >= 0.3 is 0 Å². The molecule has 0 bridgehead atoms. The smallest absolute Gasteiger partial charge is 0.242 e. The topological polar surface area (TPSA) is 103 Å². The van der Waals surface area contributed by atoms with Gasteiger partial charge < -0.3 is 20.9 Å². The fourth-order valence-corrected chi connectivity index (χ4v) is 3.93. The van der Waals surface area contributed by atoms with Gasteiger partial charge in [0, 0.05) is 42.0 Å². The highest BCUT2D eigenvalue weighted by Gasteiger charge is 2.29. The monoisotopic (exact) mass is 476 g/mol. The van der Waals surface area contributed by atoms with Crippen LogP contribution in [-0.2, 0) is 27.2 Å². The van der Waals surface area contributed by atoms with Gasteiger partial charge in [-0.15, -0.1) is 0 Å². The summed E-state index contributed by atoms with van der Waals surface area (Å²) in [6.07, 6.45) is 2.72. The van der Waals surface area contributed by atoms with Crippen LogP contribution in [0.1, 0.15) is 38.8 Å². The summed E-state index contributed by atoms with van der Waals surface area (Å²) in [5.74, 6) is -1.05. The number of benzene rings is 2. The van der Waals surface area contributed by atoms with Crippen LogP contribution in [0.4, 0.5) is 0 Å². The average molecular weight is 477 g/mol. The highest BCUT2D eigenvalue weighted by Crippen LogP contribution is 2.20. The highest BCUT2D eigenvalue weighted by molar-refractivity contribution is 5.91. The summed E-state index contributed by atoms with van der Waals surface area (Å²) in [4.78, 5) is 42.0. The molecule has 0 radical (unpaired) electrons. The van der Waals surface area contributed by atoms with Gasteiger partial charge in [0.1, 0.15) is 6.04 Å². The molecular weight excluding hydrogens is 440 g/mol. The van der Waals surface area contributed by atoms with E-state index < -0.39 is 17.4 Å². The molecule has 186 valence electrons. The third-order valence-corrected chi connectivity index (χ3v) is 5.97. The Morgan fingerprint density at radius 2 is 1.57 bits per heavy atom. The predicted octanol–water partition coefficient (Wildman–Crippen LogP) is 3.35. The van der Waals surface area contributed by atoms with Gasteiger partial charge in [0.15, 0.2) is 0 Å². The lowest BCUT2D eigenvalue weighted by molar-refractivity contribution is -0.133. The van der Waals surface area contributed by atoms with Gasteiger partial charge in [0.2, 0.25) is 17.7 Å². The molecule has 2 unspecified atom stereocenters. The van der Waals surface area contributed by atoms with Crippen LogP contribution in [0.3, 0.4) is 0 Å². The van der Waals surface area contributed by atoms with E-state index in [9.17, 15) is 14.4 Å². The van der Waals surface area contributed by atoms with Gasteiger partial charge in [0.25, 0.3) is 0 Å². The maximum Gasteiger partial charge on any atom is 0.242 e. The Labute approximate surface area is 207 Å². The number of para-hydroxylation sites is 1. The lowest BCUT2D eigenvalue weighted by atomic mass is 9.94. The maximum atomic E-state index is 13.3. The van der Waals surface area contributed by atoms with Gasteiger partial charge in [-0.2, -0.15) is 0 Å². The van der Waals surface area contributed by atoms with Gasteiger partial charge in [0.05, 0.1) is 5.92 Å². The van der Waals surface area contributed by atoms with E-state index in [4.69, 9.17) is 0 Å². The number of aromatic amines is 1. The number of carbonyl (C=O) groups excluding carboxylic acids is 3. The Morgan fingerprint density at radius 3 is 2.26 bits per heavy atom. The van der Waals surface area contributed by atoms with E-state index in [0.717, 1.165) is 22.0 Å². The molecule has 3 amide bonds. The van der Waals surface area contributed by atoms with Crippen molar-refractivity contribution in [3.8, 4) is 0 Å². The zero-order chi connectivity index (χ0) is 25.4. The Bertz CT molecular complexity index is 1150. The van der Waals surface area contributed by atoms with Crippen LogP contribution in [0.25, 0.3) is 10.9 Å². The van der Waals surface area contributed by atoms with Crippen LogP contribution in [0, 0.1) is 11.3 Å². The van der Waals surface area contributed by atoms with Gasteiger partial charge in [-0.05, 0) is 30.5 Å². The summed E-state index contributed by atoms with van der Waals surface area (Å²) in [6.45, 7) is 8.00. The third kappa shape index (κ3) is 7.18. The Balaban J connectivity index is 1.77. The number of fused-ring (bicyclic) bond motifs is 1. The van der Waals surface area contributed by atoms with Gasteiger partial charge in [-0.1, -0.05) is 69.3 Å². The molecule has 0 aliphatic carbocycles. The summed E-state index contributed by atoms with van der Waals surface area (Å²) >= 11 is 0. The molecule has 1 aromatic heterocycles. The highest BCUT2D eigenvalue weighted by atomic mass is 16.2. The lowest BCUT2D eigenvalue weighted by Crippen LogP contribution is -2.52. The first-order valence-corrected chi connectivity index (χ1v) is 12.1. The second kappa shape index (κ2) is 11.7. The molecule has 3 rings (SSSR count). The van der Waals surface area contributed by atoms with Crippen molar-refractivity contribution in [1.82, 2.24) is 20.9 Å². The standard InChI is InChI=1S/C28H36N4O3/c1-5-29-25(33)21(15-19-11-7-6-8-12-19)18-31-26(34)24(32-27(35)28(2,3)4)16-20-17-30-23-14-10-9-13-22(20)23/h6-14,17,21,24,30H,5,15-16,18H2,1-4H3,(H,29,33)(H,31,34)(H,32,35). The summed E-state index contributed by atoms with van der Waals surface area (Å²) in [6, 6.07) is 16.8. The molecule has 0 aliphatic rings. The molecule has 3 aromatic rings. The lowest BCUT2D eigenvalue weighted by Gasteiger charge is -2.25. The fraction of sp³-hybridized carbons (Fsp3) is 0.393. The molecule has 0 saturated carbocycles. The zero-order valence-corrected chi connectivity index (χ0v) is 21.0. The normalized spacial score (nSPS) is 13.1. The number of nitrogens with one attached hydrogen (secondary N) is 4. The number of amides is 3. The van der Waals surface area contributed by atoms with Crippen molar-refractivity contribution >= 4 is 28.6 Å². The number of hydrogen-bond donors (Lipinski definition) is 4. The first-order valence-electron chi connectivity index (χ1n) is 12.1. The molecule has 0 spiro atoms. The minimum Gasteiger partial charge on any atom is -0.361 e. The maximum absolute atomic E-state index is 13.3. The Kier molecular flexibility index (Phi) is 8.68. The van der Waals surface area contributed by atoms with E-state index in [0.29, 0.717) is 19.4 Å². The summed E-state index contributed by atoms with van der Waals surface area (Å²) in [5, 5.41) is 9.73. The Morgan fingerprint density at radius 1 is 0.886 bits per heavy atom. The van der Waals surface area contributed by atoms with Crippen LogP contribution in [0.2, 0.25) is 0 Å². The second-order valence-corrected chi connectivity index (χ2v) is 9.87. The van der Waals surface area contributed by atoms with Crippen molar-refractivity contribution in [3.05, 3.63) is 71.9 Å². The first-order chi connectivity index (χ1) is 16.7. The van der Waals surface area contributed by atoms with Crippen molar-refractivity contribution in [1.29, 1.82) is 0 Å². The molecular formula is C28H36N4O3. The molecule has 35 heavy (non-hydrogen) atoms. The van der Waals surface area contributed by atoms with Crippen LogP contribution in [-0.4, -0.2) is 41.8 Å². The van der Waals surface area contributed by atoms with Crippen molar-refractivity contribution < 1.29 is 14.4 Å². The SMILES string of the molecule is CCNC(=O)C(CNC(=O)C(Cc1c[nH]c2ccccc12)NC(=O)C(C)(C)C)Cc1ccccc1. The molecule has 0 fully saturated rings. The van der Waals surface area contributed by atoms with Crippen molar-refractivity contribution in [3.63, 3.8) is 0 Å². The summed E-state index contributed by atoms with van der Waals surface area (Å²) < 4.78 is 0. The van der Waals surface area contributed by atoms with E-state index in [1.807, 2.05) is 88.5 Å². The first kappa shape index (κ1) is 26.0. The molecule has 4 N–H and O–H groups in total. The van der Waals surface area contributed by atoms with Crippen LogP contribution in [0.5, 0.6) is 0 Å². The van der Waals surface area contributed by atoms with Crippen molar-refractivity contribution in [2.45, 2.75) is 46.6 Å². The number of H-pyrrole nitrogens is 1. The number of aromatic nitrogens is 1. The number of rotatable bonds is 10. The molecule has 0 aliphatic heterocycles. The minimum atomic E-state index is -0.771. The predicted molar refractivity (Wildman–Crippen MR) is 139 cm³/mol. The quantitative estimate of drug-likeness (QED) is 0.361. The van der Waals surface area contributed by atoms with Gasteiger partial charge in [-0.25, -0.2) is 0 Å². The largest absolute Gasteiger partial charge is 0.361 e. The van der Waals surface area contributed by atoms with E-state index in [2.05, 4.69) is 20.9 Å². The van der Waals surface area contributed by atoms with E-state index in [-0.39, 0.29) is 24.3 Å². The van der Waals surface area contributed by atoms with E-state index >= 15 is 0 Å². The minimum absolute atomic E-state index is 0.108. The van der Waals surface area contributed by atoms with Crippen molar-refractivity contribution in [2.24, 2.45) is 11.3 Å². The van der Waals surface area contributed by atoms with Crippen molar-refractivity contribution in [2.75, 3.05) is 13.1 Å². The van der Waals surface area contributed by atoms with Gasteiger partial charge in [-0.3, -0.25) is 14.4 Å². The molecule has 7 heteroatoms. The molecule has 2 aromatic carbocycles. The average Bonchev–Trinajstić information content (AvgIpc) is 3.24.